The van der Waals surface area contributed by atoms with E-state index in [1.807, 2.05) is 0 Å². The number of carbonyl (C=O) groups is 1. The Kier molecular flexibility index (Phi) is 4.47. The van der Waals surface area contributed by atoms with E-state index in [0.717, 1.165) is 12.7 Å². The highest BCUT2D eigenvalue weighted by atomic mass is 19.1. The van der Waals surface area contributed by atoms with Crippen molar-refractivity contribution in [1.82, 2.24) is 0 Å². The molecule has 0 spiro atoms. The minimum Gasteiger partial charge on any atom is -0.465 e. The summed E-state index contributed by atoms with van der Waals surface area (Å²) in [6.07, 6.45) is 0. The lowest BCUT2D eigenvalue weighted by Crippen LogP contribution is -2.13. The van der Waals surface area contributed by atoms with E-state index in [2.05, 4.69) is 10.1 Å². The Labute approximate surface area is 119 Å². The maximum absolute atomic E-state index is 14.1. The Morgan fingerprint density at radius 2 is 1.81 bits per heavy atom. The smallest absolute Gasteiger partial charge is 0.343 e. The van der Waals surface area contributed by atoms with Gasteiger partial charge >= 0.3 is 5.97 Å². The Morgan fingerprint density at radius 3 is 2.43 bits per heavy atom. The van der Waals surface area contributed by atoms with E-state index in [1.165, 1.54) is 0 Å². The molecule has 0 aromatic heterocycles. The third kappa shape index (κ3) is 3.16. The van der Waals surface area contributed by atoms with Crippen LogP contribution in [0.1, 0.15) is 15.9 Å². The van der Waals surface area contributed by atoms with E-state index < -0.39 is 34.7 Å². The largest absolute Gasteiger partial charge is 0.465 e. The first kappa shape index (κ1) is 14.9. The fraction of sp³-hybridized carbons (Fsp3) is 0.133. The van der Waals surface area contributed by atoms with Crippen molar-refractivity contribution in [3.8, 4) is 0 Å². The molecule has 0 saturated heterocycles. The quantitative estimate of drug-likeness (QED) is 0.877. The summed E-state index contributed by atoms with van der Waals surface area (Å²) in [7, 11) is 0.988. The zero-order valence-electron chi connectivity index (χ0n) is 11.1. The second kappa shape index (κ2) is 6.30. The lowest BCUT2D eigenvalue weighted by Gasteiger charge is -2.12. The molecular formula is C15H12F3NO2. The van der Waals surface area contributed by atoms with Crippen molar-refractivity contribution < 1.29 is 22.7 Å². The molecule has 0 fully saturated rings. The van der Waals surface area contributed by atoms with Gasteiger partial charge in [-0.2, -0.15) is 0 Å². The first-order valence-corrected chi connectivity index (χ1v) is 6.08. The minimum atomic E-state index is -1.31. The normalized spacial score (nSPS) is 10.3. The van der Waals surface area contributed by atoms with Gasteiger partial charge in [0.1, 0.15) is 17.1 Å². The van der Waals surface area contributed by atoms with Crippen LogP contribution < -0.4 is 5.32 Å². The van der Waals surface area contributed by atoms with Gasteiger partial charge in [-0.15, -0.1) is 0 Å². The number of esters is 1. The maximum atomic E-state index is 14.1. The van der Waals surface area contributed by atoms with Crippen LogP contribution in [0.25, 0.3) is 0 Å². The van der Waals surface area contributed by atoms with Gasteiger partial charge in [0.2, 0.25) is 0 Å². The lowest BCUT2D eigenvalue weighted by molar-refractivity contribution is 0.0590. The van der Waals surface area contributed by atoms with Gasteiger partial charge in [-0.3, -0.25) is 0 Å². The standard InChI is InChI=1S/C15H12F3NO2/c1-21-15(20)12-10(16)7-11(17)14(13(12)18)19-8-9-5-3-2-4-6-9/h2-7,19H,8H2,1H3. The number of carbonyl (C=O) groups excluding carboxylic acids is 1. The van der Waals surface area contributed by atoms with Crippen LogP contribution in [0.4, 0.5) is 18.9 Å². The number of anilines is 1. The average molecular weight is 295 g/mol. The molecule has 21 heavy (non-hydrogen) atoms. The average Bonchev–Trinajstić information content (AvgIpc) is 2.47. The second-order valence-corrected chi connectivity index (χ2v) is 4.23. The molecule has 0 saturated carbocycles. The van der Waals surface area contributed by atoms with Crippen molar-refractivity contribution in [2.24, 2.45) is 0 Å². The first-order chi connectivity index (χ1) is 10.0. The summed E-state index contributed by atoms with van der Waals surface area (Å²) in [6.45, 7) is 0.126. The van der Waals surface area contributed by atoms with Crippen molar-refractivity contribution >= 4 is 11.7 Å². The van der Waals surface area contributed by atoms with Gasteiger partial charge in [-0.25, -0.2) is 18.0 Å². The van der Waals surface area contributed by atoms with E-state index in [-0.39, 0.29) is 6.54 Å². The molecule has 2 aromatic rings. The highest BCUT2D eigenvalue weighted by Crippen LogP contribution is 2.26. The number of hydrogen-bond donors (Lipinski definition) is 1. The monoisotopic (exact) mass is 295 g/mol. The Hall–Kier alpha value is -2.50. The van der Waals surface area contributed by atoms with Crippen LogP contribution in [0.5, 0.6) is 0 Å². The predicted molar refractivity (Wildman–Crippen MR) is 71.4 cm³/mol. The van der Waals surface area contributed by atoms with Gasteiger partial charge in [0.05, 0.1) is 7.11 Å². The second-order valence-electron chi connectivity index (χ2n) is 4.23. The first-order valence-electron chi connectivity index (χ1n) is 6.08. The highest BCUT2D eigenvalue weighted by molar-refractivity contribution is 5.91. The molecule has 0 aliphatic rings. The third-order valence-electron chi connectivity index (χ3n) is 2.87. The molecule has 0 amide bonds. The van der Waals surface area contributed by atoms with Gasteiger partial charge in [-0.05, 0) is 5.56 Å². The third-order valence-corrected chi connectivity index (χ3v) is 2.87. The highest BCUT2D eigenvalue weighted by Gasteiger charge is 2.24. The van der Waals surface area contributed by atoms with Crippen LogP contribution in [-0.2, 0) is 11.3 Å². The SMILES string of the molecule is COC(=O)c1c(F)cc(F)c(NCc2ccccc2)c1F. The van der Waals surface area contributed by atoms with Crippen LogP contribution in [-0.4, -0.2) is 13.1 Å². The number of benzene rings is 2. The molecule has 0 radical (unpaired) electrons. The summed E-state index contributed by atoms with van der Waals surface area (Å²) in [6, 6.07) is 9.31. The van der Waals surface area contributed by atoms with Gasteiger partial charge in [0.15, 0.2) is 11.6 Å². The molecule has 0 bridgehead atoms. The molecule has 3 nitrogen and oxygen atoms in total. The minimum absolute atomic E-state index is 0.126. The summed E-state index contributed by atoms with van der Waals surface area (Å²) in [4.78, 5) is 11.3. The van der Waals surface area contributed by atoms with Crippen molar-refractivity contribution in [3.05, 3.63) is 65.0 Å². The van der Waals surface area contributed by atoms with Gasteiger partial charge < -0.3 is 10.1 Å². The number of rotatable bonds is 4. The van der Waals surface area contributed by atoms with E-state index in [9.17, 15) is 18.0 Å². The van der Waals surface area contributed by atoms with Crippen molar-refractivity contribution in [2.75, 3.05) is 12.4 Å². The number of halogens is 3. The van der Waals surface area contributed by atoms with Crippen LogP contribution in [0.3, 0.4) is 0 Å². The molecule has 2 aromatic carbocycles. The van der Waals surface area contributed by atoms with Crippen LogP contribution in [0.2, 0.25) is 0 Å². The molecule has 0 heterocycles. The Morgan fingerprint density at radius 1 is 1.14 bits per heavy atom. The summed E-state index contributed by atoms with van der Waals surface area (Å²) in [5.74, 6) is -4.93. The van der Waals surface area contributed by atoms with Crippen LogP contribution in [0.15, 0.2) is 36.4 Å². The molecule has 0 unspecified atom stereocenters. The maximum Gasteiger partial charge on any atom is 0.343 e. The Balaban J connectivity index is 2.33. The Bertz CT molecular complexity index is 660. The predicted octanol–water partition coefficient (Wildman–Crippen LogP) is 3.50. The molecule has 0 atom stereocenters. The van der Waals surface area contributed by atoms with Crippen molar-refractivity contribution in [3.63, 3.8) is 0 Å². The van der Waals surface area contributed by atoms with E-state index >= 15 is 0 Å². The van der Waals surface area contributed by atoms with E-state index in [1.54, 1.807) is 30.3 Å². The fourth-order valence-electron chi connectivity index (χ4n) is 1.83. The van der Waals surface area contributed by atoms with Crippen molar-refractivity contribution in [1.29, 1.82) is 0 Å². The molecule has 1 N–H and O–H groups in total. The number of methoxy groups -OCH3 is 1. The van der Waals surface area contributed by atoms with Crippen LogP contribution >= 0.6 is 0 Å². The summed E-state index contributed by atoms with van der Waals surface area (Å²) < 4.78 is 45.5. The number of hydrogen-bond acceptors (Lipinski definition) is 3. The van der Waals surface area contributed by atoms with Crippen LogP contribution in [0, 0.1) is 17.5 Å². The summed E-state index contributed by atoms with van der Waals surface area (Å²) in [5, 5.41) is 2.52. The van der Waals surface area contributed by atoms with Crippen molar-refractivity contribution in [2.45, 2.75) is 6.54 Å². The zero-order chi connectivity index (χ0) is 15.4. The zero-order valence-corrected chi connectivity index (χ0v) is 11.1. The number of nitrogens with one attached hydrogen (secondary N) is 1. The molecular weight excluding hydrogens is 283 g/mol. The molecule has 0 aliphatic heterocycles. The summed E-state index contributed by atoms with van der Waals surface area (Å²) >= 11 is 0. The summed E-state index contributed by atoms with van der Waals surface area (Å²) in [5.41, 5.74) is -0.713. The van der Waals surface area contributed by atoms with E-state index in [4.69, 9.17) is 0 Å². The van der Waals surface area contributed by atoms with Gasteiger partial charge in [0, 0.05) is 12.6 Å². The molecule has 2 rings (SSSR count). The van der Waals surface area contributed by atoms with Gasteiger partial charge in [0.25, 0.3) is 0 Å². The lowest BCUT2D eigenvalue weighted by atomic mass is 10.1. The van der Waals surface area contributed by atoms with E-state index in [0.29, 0.717) is 6.07 Å². The molecule has 0 aliphatic carbocycles. The molecule has 6 heteroatoms. The topological polar surface area (TPSA) is 38.3 Å². The number of ether oxygens (including phenoxy) is 1. The fourth-order valence-corrected chi connectivity index (χ4v) is 1.83. The van der Waals surface area contributed by atoms with Gasteiger partial charge in [-0.1, -0.05) is 30.3 Å². The molecule has 110 valence electrons.